The van der Waals surface area contributed by atoms with Crippen LogP contribution in [0.5, 0.6) is 0 Å². The van der Waals surface area contributed by atoms with Crippen molar-refractivity contribution in [3.05, 3.63) is 54.1 Å². The molecule has 4 N–H and O–H groups in total. The summed E-state index contributed by atoms with van der Waals surface area (Å²) in [7, 11) is 0. The summed E-state index contributed by atoms with van der Waals surface area (Å²) >= 11 is 0. The van der Waals surface area contributed by atoms with E-state index in [1.54, 1.807) is 13.8 Å². The third-order valence-corrected chi connectivity index (χ3v) is 3.66. The van der Waals surface area contributed by atoms with Crippen molar-refractivity contribution in [1.82, 2.24) is 9.55 Å². The Bertz CT molecular complexity index is 803. The van der Waals surface area contributed by atoms with Crippen molar-refractivity contribution >= 4 is 22.7 Å². The van der Waals surface area contributed by atoms with E-state index in [2.05, 4.69) is 16.4 Å². The molecular formula is C18H22N4O. The summed E-state index contributed by atoms with van der Waals surface area (Å²) in [5.41, 5.74) is 9.16. The van der Waals surface area contributed by atoms with Crippen molar-refractivity contribution in [3.63, 3.8) is 0 Å². The second-order valence-corrected chi connectivity index (χ2v) is 6.41. The van der Waals surface area contributed by atoms with Crippen LogP contribution in [-0.4, -0.2) is 20.3 Å². The average molecular weight is 310 g/mol. The zero-order valence-electron chi connectivity index (χ0n) is 13.5. The fourth-order valence-electron chi connectivity index (χ4n) is 2.62. The Kier molecular flexibility index (Phi) is 3.96. The van der Waals surface area contributed by atoms with Gasteiger partial charge in [0.2, 0.25) is 5.95 Å². The molecule has 3 rings (SSSR count). The molecule has 0 radical (unpaired) electrons. The maximum Gasteiger partial charge on any atom is 0.201 e. The van der Waals surface area contributed by atoms with Crippen LogP contribution in [0.25, 0.3) is 11.0 Å². The molecule has 0 atom stereocenters. The Hall–Kier alpha value is -2.53. The second-order valence-electron chi connectivity index (χ2n) is 6.41. The van der Waals surface area contributed by atoms with Crippen molar-refractivity contribution in [2.75, 3.05) is 11.1 Å². The lowest BCUT2D eigenvalue weighted by Gasteiger charge is -2.19. The number of aromatic nitrogens is 2. The summed E-state index contributed by atoms with van der Waals surface area (Å²) in [5, 5.41) is 13.4. The summed E-state index contributed by atoms with van der Waals surface area (Å²) in [4.78, 5) is 4.41. The Balaban J connectivity index is 1.82. The van der Waals surface area contributed by atoms with Gasteiger partial charge in [0.15, 0.2) is 0 Å². The van der Waals surface area contributed by atoms with Crippen molar-refractivity contribution in [2.24, 2.45) is 0 Å². The first kappa shape index (κ1) is 15.4. The number of aliphatic hydroxyl groups is 1. The Morgan fingerprint density at radius 1 is 1.17 bits per heavy atom. The first-order chi connectivity index (χ1) is 10.9. The summed E-state index contributed by atoms with van der Waals surface area (Å²) in [6.07, 6.45) is 0. The van der Waals surface area contributed by atoms with Gasteiger partial charge in [-0.25, -0.2) is 4.98 Å². The zero-order chi connectivity index (χ0) is 16.4. The molecule has 120 valence electrons. The van der Waals surface area contributed by atoms with Crippen LogP contribution in [0.1, 0.15) is 19.4 Å². The molecule has 2 aromatic carbocycles. The molecule has 5 heteroatoms. The highest BCUT2D eigenvalue weighted by Crippen LogP contribution is 2.22. The standard InChI is InChI=1S/C18H22N4O/c1-18(2,23)12-22-16-9-8-13(10-15(16)21-17(22)19)11-20-14-6-4-3-5-7-14/h3-10,20,23H,11-12H2,1-2H3,(H2,19,21). The van der Waals surface area contributed by atoms with E-state index in [4.69, 9.17) is 5.73 Å². The summed E-state index contributed by atoms with van der Waals surface area (Å²) in [6, 6.07) is 16.2. The van der Waals surface area contributed by atoms with Gasteiger partial charge in [-0.2, -0.15) is 0 Å². The second kappa shape index (κ2) is 5.93. The van der Waals surface area contributed by atoms with E-state index in [1.807, 2.05) is 47.0 Å². The molecule has 1 aromatic heterocycles. The first-order valence-electron chi connectivity index (χ1n) is 7.68. The molecule has 1 heterocycles. The maximum atomic E-state index is 10.0. The van der Waals surface area contributed by atoms with Crippen LogP contribution in [-0.2, 0) is 13.1 Å². The summed E-state index contributed by atoms with van der Waals surface area (Å²) in [6.45, 7) is 4.65. The lowest BCUT2D eigenvalue weighted by molar-refractivity contribution is 0.0633. The highest BCUT2D eigenvalue weighted by atomic mass is 16.3. The Morgan fingerprint density at radius 2 is 1.91 bits per heavy atom. The van der Waals surface area contributed by atoms with Crippen LogP contribution in [0.3, 0.4) is 0 Å². The number of imidazole rings is 1. The number of hydrogen-bond donors (Lipinski definition) is 3. The number of nitrogens with two attached hydrogens (primary N) is 1. The molecule has 0 unspecified atom stereocenters. The van der Waals surface area contributed by atoms with Crippen molar-refractivity contribution in [2.45, 2.75) is 32.5 Å². The number of fused-ring (bicyclic) bond motifs is 1. The van der Waals surface area contributed by atoms with Gasteiger partial charge in [-0.15, -0.1) is 0 Å². The SMILES string of the molecule is CC(C)(O)Cn1c(N)nc2cc(CNc3ccccc3)ccc21. The third-order valence-electron chi connectivity index (χ3n) is 3.66. The van der Waals surface area contributed by atoms with Crippen LogP contribution in [0.2, 0.25) is 0 Å². The first-order valence-corrected chi connectivity index (χ1v) is 7.68. The molecular weight excluding hydrogens is 288 g/mol. The van der Waals surface area contributed by atoms with Crippen molar-refractivity contribution < 1.29 is 5.11 Å². The topological polar surface area (TPSA) is 76.1 Å². The molecule has 0 aliphatic heterocycles. The zero-order valence-corrected chi connectivity index (χ0v) is 13.5. The molecule has 0 saturated heterocycles. The molecule has 0 bridgehead atoms. The number of anilines is 2. The van der Waals surface area contributed by atoms with Gasteiger partial charge in [-0.05, 0) is 43.7 Å². The molecule has 5 nitrogen and oxygen atoms in total. The minimum Gasteiger partial charge on any atom is -0.389 e. The lowest BCUT2D eigenvalue weighted by Crippen LogP contribution is -2.26. The molecule has 0 fully saturated rings. The van der Waals surface area contributed by atoms with Crippen LogP contribution in [0.4, 0.5) is 11.6 Å². The number of benzene rings is 2. The van der Waals surface area contributed by atoms with Gasteiger partial charge in [-0.1, -0.05) is 24.3 Å². The van der Waals surface area contributed by atoms with E-state index in [1.165, 1.54) is 0 Å². The maximum absolute atomic E-state index is 10.0. The smallest absolute Gasteiger partial charge is 0.201 e. The number of para-hydroxylation sites is 1. The minimum absolute atomic E-state index is 0.414. The van der Waals surface area contributed by atoms with Crippen molar-refractivity contribution in [1.29, 1.82) is 0 Å². The quantitative estimate of drug-likeness (QED) is 0.677. The van der Waals surface area contributed by atoms with Gasteiger partial charge in [0.25, 0.3) is 0 Å². The monoisotopic (exact) mass is 310 g/mol. The summed E-state index contributed by atoms with van der Waals surface area (Å²) < 4.78 is 1.85. The Labute approximate surface area is 135 Å². The Morgan fingerprint density at radius 3 is 2.61 bits per heavy atom. The van der Waals surface area contributed by atoms with E-state index in [9.17, 15) is 5.11 Å². The molecule has 0 aliphatic carbocycles. The molecule has 0 aliphatic rings. The van der Waals surface area contributed by atoms with Crippen LogP contribution in [0.15, 0.2) is 48.5 Å². The third kappa shape index (κ3) is 3.63. The predicted molar refractivity (Wildman–Crippen MR) is 94.2 cm³/mol. The number of nitrogens with zero attached hydrogens (tertiary/aromatic N) is 2. The highest BCUT2D eigenvalue weighted by Gasteiger charge is 2.18. The van der Waals surface area contributed by atoms with Crippen LogP contribution < -0.4 is 11.1 Å². The average Bonchev–Trinajstić information content (AvgIpc) is 2.80. The number of hydrogen-bond acceptors (Lipinski definition) is 4. The largest absolute Gasteiger partial charge is 0.389 e. The van der Waals surface area contributed by atoms with Gasteiger partial charge in [0, 0.05) is 12.2 Å². The molecule has 23 heavy (non-hydrogen) atoms. The van der Waals surface area contributed by atoms with Gasteiger partial charge in [-0.3, -0.25) is 0 Å². The van der Waals surface area contributed by atoms with Gasteiger partial charge in [0.1, 0.15) is 0 Å². The normalized spacial score (nSPS) is 11.8. The van der Waals surface area contributed by atoms with E-state index in [0.717, 1.165) is 28.8 Å². The van der Waals surface area contributed by atoms with E-state index in [-0.39, 0.29) is 0 Å². The number of nitrogens with one attached hydrogen (secondary N) is 1. The molecule has 0 saturated carbocycles. The predicted octanol–water partition coefficient (Wildman–Crippen LogP) is 3.00. The van der Waals surface area contributed by atoms with Gasteiger partial charge < -0.3 is 20.7 Å². The number of rotatable bonds is 5. The van der Waals surface area contributed by atoms with Gasteiger partial charge in [0.05, 0.1) is 23.2 Å². The molecule has 0 spiro atoms. The van der Waals surface area contributed by atoms with Crippen molar-refractivity contribution in [3.8, 4) is 0 Å². The minimum atomic E-state index is -0.838. The summed E-state index contributed by atoms with van der Waals surface area (Å²) in [5.74, 6) is 0.426. The molecule has 3 aromatic rings. The fraction of sp³-hybridized carbons (Fsp3) is 0.278. The van der Waals surface area contributed by atoms with E-state index >= 15 is 0 Å². The molecule has 0 amide bonds. The van der Waals surface area contributed by atoms with Crippen LogP contribution >= 0.6 is 0 Å². The van der Waals surface area contributed by atoms with Gasteiger partial charge >= 0.3 is 0 Å². The van der Waals surface area contributed by atoms with E-state index < -0.39 is 5.60 Å². The lowest BCUT2D eigenvalue weighted by atomic mass is 10.1. The van der Waals surface area contributed by atoms with E-state index in [0.29, 0.717) is 12.5 Å². The number of nitrogen functional groups attached to an aromatic ring is 1. The highest BCUT2D eigenvalue weighted by molar-refractivity contribution is 5.79. The fourth-order valence-corrected chi connectivity index (χ4v) is 2.62. The van der Waals surface area contributed by atoms with Crippen LogP contribution in [0, 0.1) is 0 Å².